The number of nitrogens with two attached hydrogens (primary N) is 1. The number of anilines is 1. The van der Waals surface area contributed by atoms with Gasteiger partial charge in [-0.25, -0.2) is 0 Å². The topological polar surface area (TPSA) is 35.2 Å². The fourth-order valence-corrected chi connectivity index (χ4v) is 3.64. The predicted molar refractivity (Wildman–Crippen MR) is 79.9 cm³/mol. The summed E-state index contributed by atoms with van der Waals surface area (Å²) >= 11 is 3.46. The number of benzene rings is 1. The molecule has 1 aromatic rings. The van der Waals surface area contributed by atoms with Crippen molar-refractivity contribution in [2.24, 2.45) is 11.8 Å². The van der Waals surface area contributed by atoms with E-state index in [0.29, 0.717) is 6.10 Å². The SMILES string of the molecule is Cc1cc(Br)cc(N)c1OC1CC(C)CC(C)C1. The number of nitrogen functional groups attached to an aromatic ring is 1. The van der Waals surface area contributed by atoms with Crippen molar-refractivity contribution >= 4 is 21.6 Å². The number of aryl methyl sites for hydroxylation is 1. The maximum Gasteiger partial charge on any atom is 0.145 e. The molecule has 0 saturated heterocycles. The molecule has 0 heterocycles. The summed E-state index contributed by atoms with van der Waals surface area (Å²) in [6, 6.07) is 3.97. The minimum Gasteiger partial charge on any atom is -0.488 e. The zero-order chi connectivity index (χ0) is 13.3. The van der Waals surface area contributed by atoms with Gasteiger partial charge < -0.3 is 10.5 Å². The van der Waals surface area contributed by atoms with E-state index in [0.717, 1.165) is 46.2 Å². The molecule has 3 heteroatoms. The molecular formula is C15H22BrNO. The molecule has 18 heavy (non-hydrogen) atoms. The molecule has 2 N–H and O–H groups in total. The minimum absolute atomic E-state index is 0.311. The number of rotatable bonds is 2. The summed E-state index contributed by atoms with van der Waals surface area (Å²) in [6.45, 7) is 6.67. The Balaban J connectivity index is 2.14. The van der Waals surface area contributed by atoms with Gasteiger partial charge in [0.05, 0.1) is 11.8 Å². The zero-order valence-electron chi connectivity index (χ0n) is 11.4. The van der Waals surface area contributed by atoms with Crippen LogP contribution in [-0.2, 0) is 0 Å². The highest BCUT2D eigenvalue weighted by Gasteiger charge is 2.26. The van der Waals surface area contributed by atoms with Crippen LogP contribution >= 0.6 is 15.9 Å². The van der Waals surface area contributed by atoms with Gasteiger partial charge in [0.15, 0.2) is 0 Å². The summed E-state index contributed by atoms with van der Waals surface area (Å²) in [5.41, 5.74) is 7.89. The molecule has 1 aliphatic rings. The van der Waals surface area contributed by atoms with Crippen LogP contribution in [0.3, 0.4) is 0 Å². The van der Waals surface area contributed by atoms with Gasteiger partial charge >= 0.3 is 0 Å². The van der Waals surface area contributed by atoms with E-state index in [4.69, 9.17) is 10.5 Å². The van der Waals surface area contributed by atoms with Gasteiger partial charge in [-0.1, -0.05) is 29.8 Å². The molecule has 2 rings (SSSR count). The van der Waals surface area contributed by atoms with E-state index in [2.05, 4.69) is 35.8 Å². The van der Waals surface area contributed by atoms with Crippen molar-refractivity contribution in [3.05, 3.63) is 22.2 Å². The molecule has 1 saturated carbocycles. The lowest BCUT2D eigenvalue weighted by molar-refractivity contribution is 0.101. The van der Waals surface area contributed by atoms with Crippen LogP contribution in [0.2, 0.25) is 0 Å². The molecule has 0 aromatic heterocycles. The summed E-state index contributed by atoms with van der Waals surface area (Å²) in [7, 11) is 0. The molecular weight excluding hydrogens is 290 g/mol. The third kappa shape index (κ3) is 3.19. The van der Waals surface area contributed by atoms with Crippen LogP contribution in [0.25, 0.3) is 0 Å². The molecule has 1 fully saturated rings. The highest BCUT2D eigenvalue weighted by Crippen LogP contribution is 2.35. The first-order chi connectivity index (χ1) is 8.45. The fraction of sp³-hybridized carbons (Fsp3) is 0.600. The van der Waals surface area contributed by atoms with Crippen LogP contribution in [0.1, 0.15) is 38.7 Å². The molecule has 1 aliphatic carbocycles. The first-order valence-corrected chi connectivity index (χ1v) is 7.47. The van der Waals surface area contributed by atoms with Crippen molar-refractivity contribution in [2.45, 2.75) is 46.1 Å². The minimum atomic E-state index is 0.311. The third-order valence-corrected chi connectivity index (χ3v) is 4.15. The fourth-order valence-electron chi connectivity index (χ4n) is 3.05. The van der Waals surface area contributed by atoms with Gasteiger partial charge in [0.25, 0.3) is 0 Å². The van der Waals surface area contributed by atoms with Crippen molar-refractivity contribution < 1.29 is 4.74 Å². The second-order valence-corrected chi connectivity index (χ2v) is 6.71. The molecule has 2 atom stereocenters. The van der Waals surface area contributed by atoms with Crippen LogP contribution in [-0.4, -0.2) is 6.10 Å². The lowest BCUT2D eigenvalue weighted by Crippen LogP contribution is -2.29. The van der Waals surface area contributed by atoms with Gasteiger partial charge in [0, 0.05) is 4.47 Å². The van der Waals surface area contributed by atoms with Crippen LogP contribution < -0.4 is 10.5 Å². The molecule has 100 valence electrons. The van der Waals surface area contributed by atoms with Crippen molar-refractivity contribution in [1.82, 2.24) is 0 Å². The molecule has 0 bridgehead atoms. The highest BCUT2D eigenvalue weighted by atomic mass is 79.9. The first-order valence-electron chi connectivity index (χ1n) is 6.68. The lowest BCUT2D eigenvalue weighted by atomic mass is 9.82. The van der Waals surface area contributed by atoms with E-state index >= 15 is 0 Å². The number of ether oxygens (including phenoxy) is 1. The van der Waals surface area contributed by atoms with E-state index in [1.165, 1.54) is 6.42 Å². The maximum atomic E-state index is 6.17. The maximum absolute atomic E-state index is 6.17. The third-order valence-electron chi connectivity index (χ3n) is 3.69. The normalized spacial score (nSPS) is 28.1. The van der Waals surface area contributed by atoms with Crippen LogP contribution in [0.4, 0.5) is 5.69 Å². The van der Waals surface area contributed by atoms with E-state index < -0.39 is 0 Å². The summed E-state index contributed by atoms with van der Waals surface area (Å²) in [6.07, 6.45) is 3.90. The van der Waals surface area contributed by atoms with Crippen molar-refractivity contribution in [1.29, 1.82) is 0 Å². The smallest absolute Gasteiger partial charge is 0.145 e. The van der Waals surface area contributed by atoms with E-state index in [1.807, 2.05) is 13.0 Å². The molecule has 0 aliphatic heterocycles. The Morgan fingerprint density at radius 3 is 2.33 bits per heavy atom. The summed E-state index contributed by atoms with van der Waals surface area (Å²) in [5, 5.41) is 0. The Hall–Kier alpha value is -0.700. The molecule has 2 nitrogen and oxygen atoms in total. The Kier molecular flexibility index (Phi) is 4.21. The first kappa shape index (κ1) is 13.7. The Labute approximate surface area is 118 Å². The van der Waals surface area contributed by atoms with Crippen molar-refractivity contribution in [3.8, 4) is 5.75 Å². The number of halogens is 1. The van der Waals surface area contributed by atoms with Crippen LogP contribution in [0.15, 0.2) is 16.6 Å². The second kappa shape index (κ2) is 5.52. The average Bonchev–Trinajstić information content (AvgIpc) is 2.22. The predicted octanol–water partition coefficient (Wildman–Crippen LogP) is 4.54. The standard InChI is InChI=1S/C15H22BrNO/c1-9-4-10(2)6-13(5-9)18-15-11(3)7-12(16)8-14(15)17/h7-10,13H,4-6,17H2,1-3H3. The molecule has 1 aromatic carbocycles. The zero-order valence-corrected chi connectivity index (χ0v) is 13.0. The Morgan fingerprint density at radius 2 is 1.78 bits per heavy atom. The molecule has 2 unspecified atom stereocenters. The van der Waals surface area contributed by atoms with Crippen molar-refractivity contribution in [2.75, 3.05) is 5.73 Å². The van der Waals surface area contributed by atoms with Gasteiger partial charge in [0.2, 0.25) is 0 Å². The highest BCUT2D eigenvalue weighted by molar-refractivity contribution is 9.10. The Morgan fingerprint density at radius 1 is 1.17 bits per heavy atom. The van der Waals surface area contributed by atoms with Crippen LogP contribution in [0.5, 0.6) is 5.75 Å². The molecule has 0 spiro atoms. The Bertz CT molecular complexity index is 399. The quantitative estimate of drug-likeness (QED) is 0.814. The largest absolute Gasteiger partial charge is 0.488 e. The van der Waals surface area contributed by atoms with Gasteiger partial charge in [-0.05, 0) is 55.7 Å². The van der Waals surface area contributed by atoms with Gasteiger partial charge in [-0.3, -0.25) is 0 Å². The van der Waals surface area contributed by atoms with E-state index in [9.17, 15) is 0 Å². The number of hydrogen-bond donors (Lipinski definition) is 1. The molecule has 0 radical (unpaired) electrons. The summed E-state index contributed by atoms with van der Waals surface area (Å²) in [4.78, 5) is 0. The average molecular weight is 312 g/mol. The summed E-state index contributed by atoms with van der Waals surface area (Å²) < 4.78 is 7.18. The number of hydrogen-bond acceptors (Lipinski definition) is 2. The van der Waals surface area contributed by atoms with Crippen LogP contribution in [0, 0.1) is 18.8 Å². The van der Waals surface area contributed by atoms with Gasteiger partial charge in [-0.2, -0.15) is 0 Å². The van der Waals surface area contributed by atoms with Gasteiger partial charge in [0.1, 0.15) is 5.75 Å². The van der Waals surface area contributed by atoms with Crippen molar-refractivity contribution in [3.63, 3.8) is 0 Å². The van der Waals surface area contributed by atoms with Gasteiger partial charge in [-0.15, -0.1) is 0 Å². The van der Waals surface area contributed by atoms with E-state index in [1.54, 1.807) is 0 Å². The second-order valence-electron chi connectivity index (χ2n) is 5.80. The summed E-state index contributed by atoms with van der Waals surface area (Å²) in [5.74, 6) is 2.36. The lowest BCUT2D eigenvalue weighted by Gasteiger charge is -2.32. The van der Waals surface area contributed by atoms with E-state index in [-0.39, 0.29) is 0 Å². The molecule has 0 amide bonds. The monoisotopic (exact) mass is 311 g/mol.